The fourth-order valence-corrected chi connectivity index (χ4v) is 2.38. The zero-order chi connectivity index (χ0) is 16.6. The molecule has 23 heavy (non-hydrogen) atoms. The van der Waals surface area contributed by atoms with Gasteiger partial charge in [-0.2, -0.15) is 0 Å². The second-order valence-corrected chi connectivity index (χ2v) is 5.20. The topological polar surface area (TPSA) is 129 Å². The highest BCUT2D eigenvalue weighted by molar-refractivity contribution is 5.78. The van der Waals surface area contributed by atoms with Gasteiger partial charge in [0.1, 0.15) is 18.3 Å². The van der Waals surface area contributed by atoms with Gasteiger partial charge in [-0.25, -0.2) is 9.78 Å². The van der Waals surface area contributed by atoms with Gasteiger partial charge in [-0.1, -0.05) is 18.2 Å². The lowest BCUT2D eigenvalue weighted by atomic mass is 9.99. The molecule has 0 bridgehead atoms. The van der Waals surface area contributed by atoms with Crippen LogP contribution in [0.3, 0.4) is 0 Å². The molecule has 0 aliphatic carbocycles. The zero-order valence-corrected chi connectivity index (χ0v) is 11.8. The Bertz CT molecular complexity index is 722. The maximum Gasteiger partial charge on any atom is 0.335 e. The van der Waals surface area contributed by atoms with Crippen molar-refractivity contribution in [1.29, 1.82) is 0 Å². The van der Waals surface area contributed by atoms with Gasteiger partial charge in [0.15, 0.2) is 6.10 Å². The molecule has 0 amide bonds. The molecule has 1 aliphatic rings. The number of aliphatic hydroxyl groups excluding tert-OH is 3. The van der Waals surface area contributed by atoms with Crippen LogP contribution in [0.15, 0.2) is 36.4 Å². The summed E-state index contributed by atoms with van der Waals surface area (Å²) in [5.74, 6) is -1.37. The van der Waals surface area contributed by atoms with Gasteiger partial charge in [0.2, 0.25) is 12.2 Å². The summed E-state index contributed by atoms with van der Waals surface area (Å²) in [5.41, 5.74) is 0.644. The summed E-state index contributed by atoms with van der Waals surface area (Å²) in [5, 5.41) is 39.1. The first-order valence-electron chi connectivity index (χ1n) is 6.92. The number of para-hydroxylation sites is 1. The van der Waals surface area contributed by atoms with Crippen LogP contribution in [0.4, 0.5) is 0 Å². The lowest BCUT2D eigenvalue weighted by molar-refractivity contribution is -0.271. The number of aliphatic carboxylic acids is 1. The molecule has 0 spiro atoms. The molecule has 0 saturated carbocycles. The number of pyridine rings is 1. The molecule has 0 radical (unpaired) electrons. The summed E-state index contributed by atoms with van der Waals surface area (Å²) in [4.78, 5) is 15.3. The molecule has 1 saturated heterocycles. The van der Waals surface area contributed by atoms with Crippen LogP contribution in [-0.2, 0) is 9.53 Å². The van der Waals surface area contributed by atoms with Gasteiger partial charge in [0, 0.05) is 11.5 Å². The van der Waals surface area contributed by atoms with Gasteiger partial charge in [-0.05, 0) is 12.1 Å². The van der Waals surface area contributed by atoms with Crippen LogP contribution in [0.1, 0.15) is 0 Å². The molecule has 5 atom stereocenters. The molecule has 2 heterocycles. The molecular weight excluding hydrogens is 306 g/mol. The molecular formula is C15H15NO7. The third kappa shape index (κ3) is 2.97. The number of nitrogens with zero attached hydrogens (tertiary/aromatic N) is 1. The lowest BCUT2D eigenvalue weighted by Gasteiger charge is -2.38. The van der Waals surface area contributed by atoms with Crippen molar-refractivity contribution >= 4 is 16.9 Å². The Labute approximate surface area is 130 Å². The number of aromatic nitrogens is 1. The van der Waals surface area contributed by atoms with Crippen molar-refractivity contribution in [3.8, 4) is 5.88 Å². The fourth-order valence-electron chi connectivity index (χ4n) is 2.38. The van der Waals surface area contributed by atoms with E-state index in [4.69, 9.17) is 14.6 Å². The Morgan fingerprint density at radius 2 is 1.78 bits per heavy atom. The van der Waals surface area contributed by atoms with E-state index in [1.807, 2.05) is 12.1 Å². The van der Waals surface area contributed by atoms with Crippen molar-refractivity contribution in [1.82, 2.24) is 4.98 Å². The van der Waals surface area contributed by atoms with E-state index < -0.39 is 36.7 Å². The molecule has 1 aromatic carbocycles. The minimum absolute atomic E-state index is 0.0977. The normalized spacial score (nSPS) is 31.0. The van der Waals surface area contributed by atoms with E-state index >= 15 is 0 Å². The number of rotatable bonds is 3. The monoisotopic (exact) mass is 321 g/mol. The molecule has 3 rings (SSSR count). The minimum Gasteiger partial charge on any atom is -0.479 e. The highest BCUT2D eigenvalue weighted by atomic mass is 16.7. The van der Waals surface area contributed by atoms with Crippen molar-refractivity contribution in [2.24, 2.45) is 0 Å². The number of aliphatic hydroxyl groups is 3. The Hall–Kier alpha value is -2.26. The van der Waals surface area contributed by atoms with Crippen LogP contribution in [0.25, 0.3) is 10.9 Å². The fraction of sp³-hybridized carbons (Fsp3) is 0.333. The minimum atomic E-state index is -1.76. The number of carbonyl (C=O) groups is 1. The van der Waals surface area contributed by atoms with Gasteiger partial charge in [-0.3, -0.25) is 0 Å². The number of carboxylic acid groups (broad SMARTS) is 1. The number of benzene rings is 1. The molecule has 4 N–H and O–H groups in total. The third-order valence-electron chi connectivity index (χ3n) is 3.62. The number of carboxylic acids is 1. The lowest BCUT2D eigenvalue weighted by Crippen LogP contribution is -2.61. The van der Waals surface area contributed by atoms with Crippen LogP contribution in [0, 0.1) is 0 Å². The summed E-state index contributed by atoms with van der Waals surface area (Å²) in [6.45, 7) is 0. The second-order valence-electron chi connectivity index (χ2n) is 5.20. The molecule has 2 aromatic rings. The smallest absolute Gasteiger partial charge is 0.335 e. The molecule has 1 aliphatic heterocycles. The first-order valence-corrected chi connectivity index (χ1v) is 6.92. The van der Waals surface area contributed by atoms with Gasteiger partial charge in [-0.15, -0.1) is 0 Å². The van der Waals surface area contributed by atoms with Crippen LogP contribution >= 0.6 is 0 Å². The highest BCUT2D eigenvalue weighted by Crippen LogP contribution is 2.25. The van der Waals surface area contributed by atoms with E-state index in [0.717, 1.165) is 5.39 Å². The van der Waals surface area contributed by atoms with Gasteiger partial charge in [0.25, 0.3) is 0 Å². The molecule has 122 valence electrons. The van der Waals surface area contributed by atoms with E-state index in [1.54, 1.807) is 18.2 Å². The van der Waals surface area contributed by atoms with Crippen LogP contribution in [0.2, 0.25) is 0 Å². The van der Waals surface area contributed by atoms with Crippen molar-refractivity contribution in [3.05, 3.63) is 36.4 Å². The van der Waals surface area contributed by atoms with Crippen molar-refractivity contribution < 1.29 is 34.7 Å². The predicted octanol–water partition coefficient (Wildman–Crippen LogP) is -0.494. The summed E-state index contributed by atoms with van der Waals surface area (Å²) in [6, 6.07) is 10.6. The highest BCUT2D eigenvalue weighted by Gasteiger charge is 2.48. The Balaban J connectivity index is 1.83. The molecule has 1 aromatic heterocycles. The standard InChI is InChI=1S/C15H15NO7/c17-10-11(18)13(14(20)21)23-15(12(10)19)22-9-6-5-7-3-1-2-4-8(7)16-9/h1-6,10-13,15,17-19H,(H,20,21)/t10-,11-,12+,13-,15+/m0/s1. The van der Waals surface area contributed by atoms with E-state index in [2.05, 4.69) is 4.98 Å². The number of fused-ring (bicyclic) bond motifs is 1. The van der Waals surface area contributed by atoms with Crippen LogP contribution in [-0.4, -0.2) is 62.1 Å². The first-order chi connectivity index (χ1) is 11.0. The first kappa shape index (κ1) is 15.6. The molecule has 8 heteroatoms. The van der Waals surface area contributed by atoms with Crippen LogP contribution < -0.4 is 4.74 Å². The number of hydrogen-bond acceptors (Lipinski definition) is 7. The van der Waals surface area contributed by atoms with E-state index in [0.29, 0.717) is 5.52 Å². The average Bonchev–Trinajstić information content (AvgIpc) is 2.55. The van der Waals surface area contributed by atoms with Gasteiger partial charge >= 0.3 is 5.97 Å². The van der Waals surface area contributed by atoms with Gasteiger partial charge in [0.05, 0.1) is 5.52 Å². The van der Waals surface area contributed by atoms with Crippen molar-refractivity contribution in [2.75, 3.05) is 0 Å². The second kappa shape index (κ2) is 6.09. The largest absolute Gasteiger partial charge is 0.479 e. The number of ether oxygens (including phenoxy) is 2. The van der Waals surface area contributed by atoms with Crippen molar-refractivity contribution in [2.45, 2.75) is 30.7 Å². The quantitative estimate of drug-likeness (QED) is 0.596. The predicted molar refractivity (Wildman–Crippen MR) is 76.7 cm³/mol. The molecule has 1 fully saturated rings. The Kier molecular flexibility index (Phi) is 4.14. The Morgan fingerprint density at radius 1 is 1.04 bits per heavy atom. The zero-order valence-electron chi connectivity index (χ0n) is 11.8. The summed E-state index contributed by atoms with van der Waals surface area (Å²) in [6.07, 6.45) is -8.27. The summed E-state index contributed by atoms with van der Waals surface area (Å²) >= 11 is 0. The summed E-state index contributed by atoms with van der Waals surface area (Å²) < 4.78 is 10.4. The maximum atomic E-state index is 11.0. The third-order valence-corrected chi connectivity index (χ3v) is 3.62. The van der Waals surface area contributed by atoms with Crippen LogP contribution in [0.5, 0.6) is 5.88 Å². The SMILES string of the molecule is O=C(O)[C@H]1O[C@@H](Oc2ccc3ccccc3n2)[C@H](O)[C@@H](O)[C@@H]1O. The molecule has 0 unspecified atom stereocenters. The average molecular weight is 321 g/mol. The Morgan fingerprint density at radius 3 is 2.52 bits per heavy atom. The number of hydrogen-bond donors (Lipinski definition) is 4. The van der Waals surface area contributed by atoms with Crippen molar-refractivity contribution in [3.63, 3.8) is 0 Å². The maximum absolute atomic E-state index is 11.0. The van der Waals surface area contributed by atoms with E-state index in [-0.39, 0.29) is 5.88 Å². The van der Waals surface area contributed by atoms with E-state index in [1.165, 1.54) is 6.07 Å². The molecule has 8 nitrogen and oxygen atoms in total. The van der Waals surface area contributed by atoms with Gasteiger partial charge < -0.3 is 29.9 Å². The summed E-state index contributed by atoms with van der Waals surface area (Å²) in [7, 11) is 0. The van der Waals surface area contributed by atoms with E-state index in [9.17, 15) is 20.1 Å².